The molecule has 0 aromatic heterocycles. The van der Waals surface area contributed by atoms with Crippen molar-refractivity contribution in [3.8, 4) is 5.75 Å². The molecule has 0 fully saturated rings. The van der Waals surface area contributed by atoms with Gasteiger partial charge in [-0.05, 0) is 46.9 Å². The van der Waals surface area contributed by atoms with Crippen LogP contribution in [0.15, 0.2) is 30.3 Å². The lowest BCUT2D eigenvalue weighted by Crippen LogP contribution is -2.22. The maximum absolute atomic E-state index is 14.1. The summed E-state index contributed by atoms with van der Waals surface area (Å²) in [6, 6.07) is 6.55. The average Bonchev–Trinajstić information content (AvgIpc) is 2.63. The van der Waals surface area contributed by atoms with Gasteiger partial charge in [-0.15, -0.1) is 0 Å². The Kier molecular flexibility index (Phi) is 7.75. The number of amides is 1. The van der Waals surface area contributed by atoms with Crippen LogP contribution in [0, 0.1) is 15.2 Å². The summed E-state index contributed by atoms with van der Waals surface area (Å²) in [6.07, 6.45) is -0.894. The van der Waals surface area contributed by atoms with Gasteiger partial charge in [0.05, 0.1) is 30.7 Å². The summed E-state index contributed by atoms with van der Waals surface area (Å²) < 4.78 is 34.3. The second-order valence-corrected chi connectivity index (χ2v) is 6.87. The Bertz CT molecular complexity index is 820. The van der Waals surface area contributed by atoms with E-state index in [2.05, 4.69) is 10.6 Å². The number of halogens is 3. The van der Waals surface area contributed by atoms with Gasteiger partial charge < -0.3 is 25.6 Å². The summed E-state index contributed by atoms with van der Waals surface area (Å²) in [7, 11) is 1.40. The Morgan fingerprint density at radius 3 is 2.63 bits per heavy atom. The third kappa shape index (κ3) is 5.75. The van der Waals surface area contributed by atoms with Crippen molar-refractivity contribution < 1.29 is 28.5 Å². The Morgan fingerprint density at radius 2 is 2.00 bits per heavy atom. The van der Waals surface area contributed by atoms with Crippen molar-refractivity contribution in [2.45, 2.75) is 12.5 Å². The largest absolute Gasteiger partial charge is 0.492 e. The van der Waals surface area contributed by atoms with E-state index in [1.807, 2.05) is 22.6 Å². The second-order valence-electron chi connectivity index (χ2n) is 5.63. The van der Waals surface area contributed by atoms with E-state index in [9.17, 15) is 18.7 Å². The van der Waals surface area contributed by atoms with E-state index < -0.39 is 30.3 Å². The molecule has 2 aromatic carbocycles. The minimum atomic E-state index is -0.986. The molecule has 0 saturated carbocycles. The summed E-state index contributed by atoms with van der Waals surface area (Å²) in [6.45, 7) is -0.486. The van der Waals surface area contributed by atoms with Gasteiger partial charge in [0.1, 0.15) is 22.9 Å². The first-order valence-electron chi connectivity index (χ1n) is 8.05. The van der Waals surface area contributed by atoms with Gasteiger partial charge in [-0.1, -0.05) is 0 Å². The van der Waals surface area contributed by atoms with Crippen LogP contribution in [0.3, 0.4) is 0 Å². The van der Waals surface area contributed by atoms with Crippen molar-refractivity contribution in [3.05, 3.63) is 51.1 Å². The van der Waals surface area contributed by atoms with Crippen molar-refractivity contribution in [2.75, 3.05) is 25.6 Å². The number of aliphatic hydroxyl groups is 2. The molecule has 1 unspecified atom stereocenters. The van der Waals surface area contributed by atoms with Gasteiger partial charge in [0.25, 0.3) is 5.91 Å². The third-order valence-corrected chi connectivity index (χ3v) is 4.31. The number of hydrogen-bond acceptors (Lipinski definition) is 5. The number of rotatable bonds is 8. The molecule has 0 saturated heterocycles. The fraction of sp³-hybridized carbons (Fsp3) is 0.278. The van der Waals surface area contributed by atoms with Crippen LogP contribution in [0.25, 0.3) is 0 Å². The first-order chi connectivity index (χ1) is 12.8. The molecule has 0 spiro atoms. The number of benzene rings is 2. The predicted molar refractivity (Wildman–Crippen MR) is 105 cm³/mol. The molecule has 0 heterocycles. The first-order valence-corrected chi connectivity index (χ1v) is 9.13. The van der Waals surface area contributed by atoms with Gasteiger partial charge in [0, 0.05) is 23.1 Å². The molecule has 6 nitrogen and oxygen atoms in total. The van der Waals surface area contributed by atoms with Crippen LogP contribution in [-0.2, 0) is 0 Å². The highest BCUT2D eigenvalue weighted by Gasteiger charge is 2.20. The quantitative estimate of drug-likeness (QED) is 0.426. The van der Waals surface area contributed by atoms with E-state index in [1.54, 1.807) is 6.07 Å². The molecule has 146 valence electrons. The number of anilines is 2. The molecule has 2 rings (SSSR count). The van der Waals surface area contributed by atoms with E-state index in [-0.39, 0.29) is 35.7 Å². The minimum Gasteiger partial charge on any atom is -0.492 e. The lowest BCUT2D eigenvalue weighted by Gasteiger charge is -2.17. The van der Waals surface area contributed by atoms with E-state index in [0.29, 0.717) is 3.57 Å². The number of carbonyl (C=O) groups is 1. The third-order valence-electron chi connectivity index (χ3n) is 3.64. The number of ether oxygens (including phenoxy) is 1. The molecule has 0 bridgehead atoms. The summed E-state index contributed by atoms with van der Waals surface area (Å²) in [5.41, 5.74) is 0.107. The molecule has 0 aliphatic heterocycles. The van der Waals surface area contributed by atoms with Crippen LogP contribution < -0.4 is 15.4 Å². The van der Waals surface area contributed by atoms with Gasteiger partial charge in [-0.25, -0.2) is 8.78 Å². The van der Waals surface area contributed by atoms with Crippen LogP contribution in [0.5, 0.6) is 5.75 Å². The van der Waals surface area contributed by atoms with Gasteiger partial charge in [-0.2, -0.15) is 0 Å². The number of carbonyl (C=O) groups excluding carboxylic acids is 1. The summed E-state index contributed by atoms with van der Waals surface area (Å²) in [4.78, 5) is 12.3. The smallest absolute Gasteiger partial charge is 0.256 e. The zero-order chi connectivity index (χ0) is 20.0. The fourth-order valence-corrected chi connectivity index (χ4v) is 2.74. The van der Waals surface area contributed by atoms with Crippen LogP contribution in [0.2, 0.25) is 0 Å². The Labute approximate surface area is 168 Å². The molecule has 0 aliphatic carbocycles. The molecule has 9 heteroatoms. The molecule has 2 aromatic rings. The zero-order valence-corrected chi connectivity index (χ0v) is 16.6. The first kappa shape index (κ1) is 21.3. The van der Waals surface area contributed by atoms with Crippen LogP contribution in [0.4, 0.5) is 20.2 Å². The maximum Gasteiger partial charge on any atom is 0.256 e. The average molecular weight is 492 g/mol. The summed E-state index contributed by atoms with van der Waals surface area (Å²) >= 11 is 1.96. The maximum atomic E-state index is 14.1. The van der Waals surface area contributed by atoms with Crippen molar-refractivity contribution in [1.82, 2.24) is 5.32 Å². The molecular formula is C18H19F2IN2O4. The second kappa shape index (κ2) is 9.81. The molecule has 27 heavy (non-hydrogen) atoms. The van der Waals surface area contributed by atoms with Crippen LogP contribution in [-0.4, -0.2) is 42.5 Å². The van der Waals surface area contributed by atoms with E-state index >= 15 is 0 Å². The molecule has 1 atom stereocenters. The number of hydrogen-bond donors (Lipinski definition) is 4. The molecule has 1 amide bonds. The monoisotopic (exact) mass is 492 g/mol. The number of nitrogens with one attached hydrogen (secondary N) is 2. The standard InChI is InChI=1S/C18H19F2IN2O4/c1-22-18(26)17-15(23-14-3-2-11(21)8-13(14)20)6-10(19)7-16(17)27-5-4-12(25)9-24/h2-3,6-8,12,23-25H,4-5,9H2,1H3,(H,22,26). The summed E-state index contributed by atoms with van der Waals surface area (Å²) in [5.74, 6) is -1.86. The zero-order valence-electron chi connectivity index (χ0n) is 14.4. The normalized spacial score (nSPS) is 11.8. The Morgan fingerprint density at radius 1 is 1.26 bits per heavy atom. The summed E-state index contributed by atoms with van der Waals surface area (Å²) in [5, 5.41) is 23.4. The molecular weight excluding hydrogens is 473 g/mol. The van der Waals surface area contributed by atoms with Crippen molar-refractivity contribution in [3.63, 3.8) is 0 Å². The van der Waals surface area contributed by atoms with Gasteiger partial charge in [0.2, 0.25) is 0 Å². The molecule has 0 aliphatic rings. The fourth-order valence-electron chi connectivity index (χ4n) is 2.29. The molecule has 4 N–H and O–H groups in total. The topological polar surface area (TPSA) is 90.8 Å². The Hall–Kier alpha value is -1.98. The highest BCUT2D eigenvalue weighted by Crippen LogP contribution is 2.32. The Balaban J connectivity index is 2.38. The van der Waals surface area contributed by atoms with Crippen LogP contribution in [0.1, 0.15) is 16.8 Å². The highest BCUT2D eigenvalue weighted by molar-refractivity contribution is 14.1. The highest BCUT2D eigenvalue weighted by atomic mass is 127. The van der Waals surface area contributed by atoms with Gasteiger partial charge >= 0.3 is 0 Å². The van der Waals surface area contributed by atoms with Crippen molar-refractivity contribution in [1.29, 1.82) is 0 Å². The minimum absolute atomic E-state index is 0.00432. The lowest BCUT2D eigenvalue weighted by molar-refractivity contribution is 0.0750. The van der Waals surface area contributed by atoms with E-state index in [0.717, 1.165) is 12.1 Å². The number of aliphatic hydroxyl groups excluding tert-OH is 2. The van der Waals surface area contributed by atoms with E-state index in [4.69, 9.17) is 9.84 Å². The van der Waals surface area contributed by atoms with Crippen LogP contribution >= 0.6 is 22.6 Å². The van der Waals surface area contributed by atoms with Crippen molar-refractivity contribution >= 4 is 39.9 Å². The SMILES string of the molecule is CNC(=O)c1c(Nc2ccc(I)cc2F)cc(F)cc1OCCC(O)CO. The van der Waals surface area contributed by atoms with Crippen molar-refractivity contribution in [2.24, 2.45) is 0 Å². The predicted octanol–water partition coefficient (Wildman–Crippen LogP) is 2.79. The van der Waals surface area contributed by atoms with Gasteiger partial charge in [-0.3, -0.25) is 4.79 Å². The van der Waals surface area contributed by atoms with E-state index in [1.165, 1.54) is 19.2 Å². The lowest BCUT2D eigenvalue weighted by atomic mass is 10.1. The van der Waals surface area contributed by atoms with Gasteiger partial charge in [0.15, 0.2) is 0 Å². The molecule has 0 radical (unpaired) electrons.